The minimum absolute atomic E-state index is 0.0863. The van der Waals surface area contributed by atoms with Crippen LogP contribution in [0.15, 0.2) is 262 Å². The van der Waals surface area contributed by atoms with E-state index in [-0.39, 0.29) is 33.4 Å². The Morgan fingerprint density at radius 3 is 1.20 bits per heavy atom. The third kappa shape index (κ3) is 22.6. The molecule has 0 saturated carbocycles. The van der Waals surface area contributed by atoms with Crippen LogP contribution >= 0.6 is 0 Å². The number of aryl methyl sites for hydroxylation is 2. The molecule has 0 amide bonds. The number of allylic oxidation sites excluding steroid dienone is 1. The number of aromatic nitrogens is 14. The number of halogens is 2. The maximum Gasteiger partial charge on any atom is 0.258 e. The summed E-state index contributed by atoms with van der Waals surface area (Å²) in [5, 5.41) is 6.53. The highest BCUT2D eigenvalue weighted by Crippen LogP contribution is 2.38. The Hall–Kier alpha value is -15.9. The lowest BCUT2D eigenvalue weighted by Gasteiger charge is -2.38. The van der Waals surface area contributed by atoms with Crippen LogP contribution in [-0.4, -0.2) is 221 Å². The zero-order valence-electron chi connectivity index (χ0n) is 84.9. The molecule has 2 N–H and O–H groups in total. The van der Waals surface area contributed by atoms with Crippen LogP contribution < -0.4 is 71.8 Å². The van der Waals surface area contributed by atoms with Gasteiger partial charge in [0.25, 0.3) is 27.8 Å². The highest BCUT2D eigenvalue weighted by atomic mass is 19.1. The molecule has 1 saturated heterocycles. The van der Waals surface area contributed by atoms with Crippen LogP contribution in [0.25, 0.3) is 118 Å². The first-order valence-corrected chi connectivity index (χ1v) is 49.6. The lowest BCUT2D eigenvalue weighted by Crippen LogP contribution is -2.49. The average molecular weight is 1980 g/mol. The van der Waals surface area contributed by atoms with Gasteiger partial charge in [0, 0.05) is 178 Å². The van der Waals surface area contributed by atoms with Crippen LogP contribution in [0.3, 0.4) is 0 Å². The molecule has 1 aliphatic carbocycles. The van der Waals surface area contributed by atoms with E-state index in [1.807, 2.05) is 148 Å². The summed E-state index contributed by atoms with van der Waals surface area (Å²) in [6.07, 6.45) is 32.1. The van der Waals surface area contributed by atoms with E-state index in [9.17, 15) is 32.8 Å². The number of nitrogens with one attached hydrogen (secondary N) is 2. The van der Waals surface area contributed by atoms with Gasteiger partial charge in [-0.3, -0.25) is 55.8 Å². The zero-order chi connectivity index (χ0) is 103. The smallest absolute Gasteiger partial charge is 0.258 e. The van der Waals surface area contributed by atoms with Gasteiger partial charge in [-0.15, -0.1) is 0 Å². The lowest BCUT2D eigenvalue weighted by molar-refractivity contribution is 0.209. The average Bonchev–Trinajstić information content (AvgIpc) is 1.75. The SMILES string of the molecule is CCCN(C)C1CC=C(c2ccc3nc(-c4ccc(OC)c(OC)c4)cc(=O)n3c2)CC1.CCN1CC=C(c2ccc3nc(-c4ccc(OC)c(OC)c4)cc(=O)n3c2)CC1.COc1ccc(-c2ccc3nc(C4=CCNCC4)cc(=O)n3c2)cc1OC.Cc1cn2cc(-c3cc(=O)n4cc(N5CCN(C(C)C)CC5)ccc4n3)cc(F)c2n1.Cc1cn2cc(-c3ccc4nc(C5=CCNCC5)cc(=O)n4c3)cc(F)c2n1. The molecule has 756 valence electrons. The Morgan fingerprint density at radius 2 is 0.776 bits per heavy atom. The van der Waals surface area contributed by atoms with Crippen molar-refractivity contribution in [3.05, 3.63) is 335 Å². The van der Waals surface area contributed by atoms with Crippen molar-refractivity contribution < 1.29 is 37.2 Å². The second kappa shape index (κ2) is 45.1. The first kappa shape index (κ1) is 101. The van der Waals surface area contributed by atoms with E-state index in [0.29, 0.717) is 109 Å². The molecule has 5 aliphatic rings. The number of pyridine rings is 7. The number of anilines is 1. The molecule has 14 aromatic heterocycles. The van der Waals surface area contributed by atoms with Crippen LogP contribution in [0.4, 0.5) is 14.5 Å². The summed E-state index contributed by atoms with van der Waals surface area (Å²) in [4.78, 5) is 105. The van der Waals surface area contributed by atoms with Gasteiger partial charge in [0.15, 0.2) is 57.4 Å². The summed E-state index contributed by atoms with van der Waals surface area (Å²) in [6.45, 7) is 23.9. The number of benzene rings is 3. The van der Waals surface area contributed by atoms with Gasteiger partial charge >= 0.3 is 0 Å². The molecule has 3 aromatic carbocycles. The van der Waals surface area contributed by atoms with Crippen molar-refractivity contribution >= 4 is 67.5 Å². The molecule has 1 atom stereocenters. The van der Waals surface area contributed by atoms with Crippen molar-refractivity contribution in [2.75, 3.05) is 133 Å². The summed E-state index contributed by atoms with van der Waals surface area (Å²) in [7, 11) is 11.8. The quantitative estimate of drug-likeness (QED) is 0.0675. The number of methoxy groups -OCH3 is 6. The Kier molecular flexibility index (Phi) is 31.1. The number of hydrogen-bond donors (Lipinski definition) is 2. The summed E-state index contributed by atoms with van der Waals surface area (Å²) >= 11 is 0. The number of piperazine rings is 1. The van der Waals surface area contributed by atoms with Crippen molar-refractivity contribution in [1.82, 2.24) is 91.0 Å². The number of ether oxygens (including phenoxy) is 6. The second-order valence-corrected chi connectivity index (χ2v) is 37.2. The van der Waals surface area contributed by atoms with E-state index in [2.05, 4.69) is 125 Å². The van der Waals surface area contributed by atoms with Crippen molar-refractivity contribution in [3.63, 3.8) is 0 Å². The number of nitrogens with zero attached hydrogens (tertiary/aromatic N) is 18. The molecule has 1 unspecified atom stereocenters. The number of hydrogen-bond acceptors (Lipinski definition) is 24. The first-order chi connectivity index (χ1) is 71.3. The fourth-order valence-electron chi connectivity index (χ4n) is 19.3. The molecule has 31 nitrogen and oxygen atoms in total. The monoisotopic (exact) mass is 1980 g/mol. The van der Waals surface area contributed by atoms with Gasteiger partial charge in [0.1, 0.15) is 28.2 Å². The van der Waals surface area contributed by atoms with Gasteiger partial charge < -0.3 is 57.7 Å². The van der Waals surface area contributed by atoms with Gasteiger partial charge in [0.05, 0.1) is 88.2 Å². The highest BCUT2D eigenvalue weighted by molar-refractivity contribution is 5.76. The molecule has 1 fully saturated rings. The molecule has 147 heavy (non-hydrogen) atoms. The number of rotatable bonds is 21. The molecule has 0 radical (unpaired) electrons. The molecule has 4 aliphatic heterocycles. The number of imidazole rings is 2. The van der Waals surface area contributed by atoms with Crippen molar-refractivity contribution in [2.24, 2.45) is 0 Å². The number of likely N-dealkylation sites (N-methyl/N-ethyl adjacent to an activating group) is 1. The van der Waals surface area contributed by atoms with Crippen LogP contribution in [0.5, 0.6) is 34.5 Å². The molecular weight excluding hydrogens is 1860 g/mol. The molecule has 33 heteroatoms. The maximum absolute atomic E-state index is 14.5. The van der Waals surface area contributed by atoms with Gasteiger partial charge in [-0.2, -0.15) is 0 Å². The lowest BCUT2D eigenvalue weighted by atomic mass is 9.90. The maximum atomic E-state index is 14.5. The van der Waals surface area contributed by atoms with E-state index in [4.69, 9.17) is 33.4 Å². The number of fused-ring (bicyclic) bond motifs is 7. The molecular formula is C114H120F2N20O11. The fraction of sp³-hybridized carbons (Fsp3) is 0.298. The summed E-state index contributed by atoms with van der Waals surface area (Å²) in [5.41, 5.74) is 20.9. The van der Waals surface area contributed by atoms with E-state index >= 15 is 0 Å². The third-order valence-corrected chi connectivity index (χ3v) is 27.5. The van der Waals surface area contributed by atoms with Gasteiger partial charge in [-0.25, -0.2) is 43.7 Å². The molecule has 22 rings (SSSR count). The largest absolute Gasteiger partial charge is 0.493 e. The normalized spacial score (nSPS) is 15.1. The molecule has 17 aromatic rings. The van der Waals surface area contributed by atoms with Gasteiger partial charge in [-0.05, 0) is 272 Å². The first-order valence-electron chi connectivity index (χ1n) is 49.6. The summed E-state index contributed by atoms with van der Waals surface area (Å²) < 4.78 is 72.1. The summed E-state index contributed by atoms with van der Waals surface area (Å²) in [5.74, 6) is 2.97. The molecule has 0 bridgehead atoms. The van der Waals surface area contributed by atoms with Crippen molar-refractivity contribution in [1.29, 1.82) is 0 Å². The Balaban J connectivity index is 0.000000121. The van der Waals surface area contributed by atoms with Gasteiger partial charge in [-0.1, -0.05) is 44.2 Å². The van der Waals surface area contributed by atoms with Crippen LogP contribution in [0.2, 0.25) is 0 Å². The Labute approximate surface area is 848 Å². The van der Waals surface area contributed by atoms with Crippen LogP contribution in [0.1, 0.15) is 107 Å². The standard InChI is InChI=1S/C26H31N3O3.C23H25FN6O.C23H25N3O3.C21H18FN5O.C21H21N3O3/c1-5-14-28(2)21-10-6-18(7-11-21)20-9-13-25-27-22(16-26(30)29(25)17-20)19-8-12-23(31-3)24(15-19)32-4;1-15(2)27-6-8-28(9-7-27)18-4-5-21-26-20(11-22(31)30(21)14-18)17-10-19(24)23-25-16(3)12-29(23)13-17;1-4-25-11-9-16(10-12-25)18-6-8-22-24-19(14-23(27)26(22)15-18)17-5-7-20(28-2)21(13-17)29-3;1-13-10-26-11-16(8-17(22)21(26)24-13)15-2-3-19-25-18(9-20(28)27(19)12-15)14-4-6-23-7-5-14;1-26-18-5-3-15(11-19(18)27-2)16-4-6-20-23-17(12-21(25)24(20)13-16)14-7-9-22-10-8-14/h6,8-9,12-13,15-17,21H,5,7,10-11,14H2,1-4H3;4-5,10-15H,6-9H2,1-3H3;5-9,13-15H,4,10-12H2,1-3H3;2-4,8-12,23H,5-7H2,1H3;3-7,11-13,22H,8-10H2,1-2H3. The summed E-state index contributed by atoms with van der Waals surface area (Å²) in [6, 6.07) is 47.8. The minimum Gasteiger partial charge on any atom is -0.493 e. The Bertz CT molecular complexity index is 8290. The van der Waals surface area contributed by atoms with E-state index in [1.54, 1.807) is 124 Å². The van der Waals surface area contributed by atoms with E-state index in [0.717, 1.165) is 196 Å². The molecule has 0 spiro atoms. The highest BCUT2D eigenvalue weighted by Gasteiger charge is 2.26. The van der Waals surface area contributed by atoms with Crippen LogP contribution in [-0.2, 0) is 0 Å². The minimum atomic E-state index is -0.441. The predicted molar refractivity (Wildman–Crippen MR) is 574 cm³/mol. The third-order valence-electron chi connectivity index (χ3n) is 27.5. The second-order valence-electron chi connectivity index (χ2n) is 37.2. The molecule has 18 heterocycles. The van der Waals surface area contributed by atoms with Crippen molar-refractivity contribution in [2.45, 2.75) is 98.6 Å². The predicted octanol–water partition coefficient (Wildman–Crippen LogP) is 16.7. The van der Waals surface area contributed by atoms with E-state index < -0.39 is 11.6 Å². The topological polar surface area (TPSA) is 299 Å². The zero-order valence-corrected chi connectivity index (χ0v) is 84.9. The van der Waals surface area contributed by atoms with E-state index in [1.165, 1.54) is 40.2 Å². The fourth-order valence-corrected chi connectivity index (χ4v) is 19.3. The van der Waals surface area contributed by atoms with Gasteiger partial charge in [0.2, 0.25) is 0 Å². The van der Waals surface area contributed by atoms with Crippen LogP contribution in [0, 0.1) is 25.5 Å². The Morgan fingerprint density at radius 1 is 0.381 bits per heavy atom. The van der Waals surface area contributed by atoms with Crippen molar-refractivity contribution in [3.8, 4) is 90.5 Å².